The number of aliphatic imine (C=N–C) groups is 1. The van der Waals surface area contributed by atoms with E-state index in [0.29, 0.717) is 5.96 Å². The first-order valence-electron chi connectivity index (χ1n) is 6.44. The number of hydrogen-bond acceptors (Lipinski definition) is 2. The quantitative estimate of drug-likeness (QED) is 0.669. The molecule has 1 aliphatic rings. The lowest BCUT2D eigenvalue weighted by atomic mass is 10.1. The third kappa shape index (κ3) is 3.95. The fraction of sp³-hybridized carbons (Fsp3) is 0.500. The molecule has 0 aliphatic carbocycles. The Labute approximate surface area is 113 Å². The molecule has 0 radical (unpaired) electrons. The summed E-state index contributed by atoms with van der Waals surface area (Å²) < 4.78 is 0. The molecule has 98 valence electrons. The van der Waals surface area contributed by atoms with Crippen LogP contribution in [0.2, 0.25) is 0 Å². The van der Waals surface area contributed by atoms with Crippen molar-refractivity contribution in [1.82, 2.24) is 4.90 Å². The number of nitrogens with zero attached hydrogens (tertiary/aromatic N) is 2. The third-order valence-corrected chi connectivity index (χ3v) is 4.07. The van der Waals surface area contributed by atoms with Gasteiger partial charge in [0.15, 0.2) is 5.96 Å². The largest absolute Gasteiger partial charge is 0.370 e. The van der Waals surface area contributed by atoms with Crippen molar-refractivity contribution in [3.05, 3.63) is 35.4 Å². The molecule has 1 fully saturated rings. The number of benzene rings is 1. The van der Waals surface area contributed by atoms with Crippen LogP contribution in [0.3, 0.4) is 0 Å². The molecule has 1 aromatic rings. The minimum absolute atomic E-state index is 0.711. The molecule has 0 bridgehead atoms. The second-order valence-electron chi connectivity index (χ2n) is 4.57. The molecule has 18 heavy (non-hydrogen) atoms. The molecule has 1 aromatic carbocycles. The number of hydrogen-bond donors (Lipinski definition) is 1. The summed E-state index contributed by atoms with van der Waals surface area (Å²) in [6.07, 6.45) is 0.962. The summed E-state index contributed by atoms with van der Waals surface area (Å²) in [6, 6.07) is 8.62. The van der Waals surface area contributed by atoms with Crippen LogP contribution in [0.15, 0.2) is 29.3 Å². The minimum Gasteiger partial charge on any atom is -0.370 e. The first-order chi connectivity index (χ1) is 8.75. The predicted molar refractivity (Wildman–Crippen MR) is 80.3 cm³/mol. The Morgan fingerprint density at radius 2 is 1.94 bits per heavy atom. The molecule has 2 rings (SSSR count). The van der Waals surface area contributed by atoms with Crippen molar-refractivity contribution >= 4 is 17.7 Å². The maximum Gasteiger partial charge on any atom is 0.191 e. The molecule has 0 spiro atoms. The highest BCUT2D eigenvalue weighted by Crippen LogP contribution is 2.08. The fourth-order valence-electron chi connectivity index (χ4n) is 1.95. The highest BCUT2D eigenvalue weighted by atomic mass is 32.2. The Balaban J connectivity index is 1.81. The van der Waals surface area contributed by atoms with Gasteiger partial charge in [0.05, 0.1) is 0 Å². The monoisotopic (exact) mass is 263 g/mol. The standard InChI is InChI=1S/C14H21N3S/c1-12-2-4-13(5-3-12)6-7-16-14(15)17-8-10-18-11-9-17/h2-5H,6-11H2,1H3,(H2,15,16). The van der Waals surface area contributed by atoms with Gasteiger partial charge in [0.2, 0.25) is 0 Å². The molecular formula is C14H21N3S. The van der Waals surface area contributed by atoms with Crippen molar-refractivity contribution in [3.63, 3.8) is 0 Å². The van der Waals surface area contributed by atoms with Crippen LogP contribution in [-0.4, -0.2) is 42.0 Å². The number of rotatable bonds is 3. The van der Waals surface area contributed by atoms with E-state index in [1.54, 1.807) is 0 Å². The Morgan fingerprint density at radius 1 is 1.28 bits per heavy atom. The zero-order valence-electron chi connectivity index (χ0n) is 10.9. The van der Waals surface area contributed by atoms with Gasteiger partial charge in [-0.1, -0.05) is 29.8 Å². The average molecular weight is 263 g/mol. The van der Waals surface area contributed by atoms with E-state index in [1.165, 1.54) is 11.1 Å². The van der Waals surface area contributed by atoms with Gasteiger partial charge in [0.25, 0.3) is 0 Å². The van der Waals surface area contributed by atoms with Gasteiger partial charge in [0.1, 0.15) is 0 Å². The molecule has 1 heterocycles. The molecule has 0 saturated carbocycles. The Hall–Kier alpha value is -1.16. The number of thioether (sulfide) groups is 1. The third-order valence-electron chi connectivity index (χ3n) is 3.13. The molecule has 1 aliphatic heterocycles. The first kappa shape index (κ1) is 13.3. The lowest BCUT2D eigenvalue weighted by molar-refractivity contribution is 0.456. The van der Waals surface area contributed by atoms with Gasteiger partial charge in [-0.15, -0.1) is 0 Å². The maximum atomic E-state index is 6.00. The van der Waals surface area contributed by atoms with E-state index in [0.717, 1.165) is 37.6 Å². The topological polar surface area (TPSA) is 41.6 Å². The molecule has 0 aromatic heterocycles. The minimum atomic E-state index is 0.711. The lowest BCUT2D eigenvalue weighted by Crippen LogP contribution is -2.42. The van der Waals surface area contributed by atoms with Crippen molar-refractivity contribution in [1.29, 1.82) is 0 Å². The Bertz CT molecular complexity index is 394. The van der Waals surface area contributed by atoms with E-state index >= 15 is 0 Å². The van der Waals surface area contributed by atoms with E-state index in [-0.39, 0.29) is 0 Å². The molecule has 2 N–H and O–H groups in total. The zero-order valence-corrected chi connectivity index (χ0v) is 11.7. The molecule has 1 saturated heterocycles. The molecule has 0 amide bonds. The predicted octanol–water partition coefficient (Wildman–Crippen LogP) is 1.90. The summed E-state index contributed by atoms with van der Waals surface area (Å²) in [5.74, 6) is 3.03. The van der Waals surface area contributed by atoms with Gasteiger partial charge in [-0.25, -0.2) is 0 Å². The number of nitrogens with two attached hydrogens (primary N) is 1. The van der Waals surface area contributed by atoms with Crippen LogP contribution < -0.4 is 5.73 Å². The van der Waals surface area contributed by atoms with E-state index < -0.39 is 0 Å². The molecular weight excluding hydrogens is 242 g/mol. The second-order valence-corrected chi connectivity index (χ2v) is 5.80. The van der Waals surface area contributed by atoms with E-state index in [4.69, 9.17) is 5.73 Å². The maximum absolute atomic E-state index is 6.00. The summed E-state index contributed by atoms with van der Waals surface area (Å²) in [5.41, 5.74) is 8.63. The summed E-state index contributed by atoms with van der Waals surface area (Å²) in [7, 11) is 0. The fourth-order valence-corrected chi connectivity index (χ4v) is 2.85. The average Bonchev–Trinajstić information content (AvgIpc) is 2.42. The van der Waals surface area contributed by atoms with Crippen molar-refractivity contribution in [2.45, 2.75) is 13.3 Å². The van der Waals surface area contributed by atoms with Crippen LogP contribution in [0, 0.1) is 6.92 Å². The summed E-state index contributed by atoms with van der Waals surface area (Å²) in [5, 5.41) is 0. The van der Waals surface area contributed by atoms with Gasteiger partial charge in [0, 0.05) is 31.1 Å². The first-order valence-corrected chi connectivity index (χ1v) is 7.59. The lowest BCUT2D eigenvalue weighted by Gasteiger charge is -2.27. The van der Waals surface area contributed by atoms with Gasteiger partial charge in [-0.3, -0.25) is 4.99 Å². The molecule has 3 nitrogen and oxygen atoms in total. The highest BCUT2D eigenvalue weighted by molar-refractivity contribution is 7.99. The van der Waals surface area contributed by atoms with E-state index in [9.17, 15) is 0 Å². The van der Waals surface area contributed by atoms with E-state index in [2.05, 4.69) is 41.1 Å². The van der Waals surface area contributed by atoms with Crippen molar-refractivity contribution in [2.24, 2.45) is 10.7 Å². The zero-order chi connectivity index (χ0) is 12.8. The van der Waals surface area contributed by atoms with Crippen LogP contribution in [0.1, 0.15) is 11.1 Å². The second kappa shape index (κ2) is 6.69. The normalized spacial score (nSPS) is 16.9. The smallest absolute Gasteiger partial charge is 0.191 e. The van der Waals surface area contributed by atoms with Crippen molar-refractivity contribution in [2.75, 3.05) is 31.1 Å². The van der Waals surface area contributed by atoms with Crippen LogP contribution in [-0.2, 0) is 6.42 Å². The summed E-state index contributed by atoms with van der Waals surface area (Å²) >= 11 is 1.99. The van der Waals surface area contributed by atoms with Gasteiger partial charge < -0.3 is 10.6 Å². The highest BCUT2D eigenvalue weighted by Gasteiger charge is 2.11. The molecule has 0 atom stereocenters. The van der Waals surface area contributed by atoms with Crippen LogP contribution in [0.25, 0.3) is 0 Å². The van der Waals surface area contributed by atoms with Crippen molar-refractivity contribution in [3.8, 4) is 0 Å². The van der Waals surface area contributed by atoms with Crippen molar-refractivity contribution < 1.29 is 0 Å². The number of guanidine groups is 1. The molecule has 0 unspecified atom stereocenters. The van der Waals surface area contributed by atoms with Crippen LogP contribution >= 0.6 is 11.8 Å². The summed E-state index contributed by atoms with van der Waals surface area (Å²) in [6.45, 7) is 4.95. The SMILES string of the molecule is Cc1ccc(CCN=C(N)N2CCSCC2)cc1. The van der Waals surface area contributed by atoms with Gasteiger partial charge in [-0.05, 0) is 18.9 Å². The van der Waals surface area contributed by atoms with Gasteiger partial charge in [-0.2, -0.15) is 11.8 Å². The van der Waals surface area contributed by atoms with E-state index in [1.807, 2.05) is 11.8 Å². The van der Waals surface area contributed by atoms with Gasteiger partial charge >= 0.3 is 0 Å². The number of aryl methyl sites for hydroxylation is 1. The summed E-state index contributed by atoms with van der Waals surface area (Å²) in [4.78, 5) is 6.66. The van der Waals surface area contributed by atoms with Crippen LogP contribution in [0.5, 0.6) is 0 Å². The Morgan fingerprint density at radius 3 is 2.61 bits per heavy atom. The Kier molecular flexibility index (Phi) is 4.93. The molecule has 4 heteroatoms. The van der Waals surface area contributed by atoms with Crippen LogP contribution in [0.4, 0.5) is 0 Å².